The highest BCUT2D eigenvalue weighted by Gasteiger charge is 1.98. The zero-order valence-corrected chi connectivity index (χ0v) is 10.3. The Morgan fingerprint density at radius 2 is 1.72 bits per heavy atom. The molecule has 0 amide bonds. The van der Waals surface area contributed by atoms with Crippen LogP contribution in [-0.4, -0.2) is 16.5 Å². The van der Waals surface area contributed by atoms with Crippen LogP contribution in [-0.2, 0) is 19.5 Å². The van der Waals surface area contributed by atoms with E-state index in [1.807, 2.05) is 36.4 Å². The van der Waals surface area contributed by atoms with E-state index in [-0.39, 0.29) is 0 Å². The first-order chi connectivity index (χ1) is 8.88. The molecule has 0 atom stereocenters. The quantitative estimate of drug-likeness (QED) is 0.800. The number of nitrogens with zero attached hydrogens (tertiary/aromatic N) is 2. The van der Waals surface area contributed by atoms with Gasteiger partial charge in [0.15, 0.2) is 0 Å². The zero-order valence-electron chi connectivity index (χ0n) is 10.3. The fourth-order valence-electron chi connectivity index (χ4n) is 1.74. The van der Waals surface area contributed by atoms with Crippen LogP contribution in [0.5, 0.6) is 0 Å². The third kappa shape index (κ3) is 3.91. The van der Waals surface area contributed by atoms with Crippen LogP contribution < -0.4 is 11.1 Å². The molecule has 2 rings (SSSR count). The van der Waals surface area contributed by atoms with Gasteiger partial charge in [-0.1, -0.05) is 12.1 Å². The van der Waals surface area contributed by atoms with Crippen molar-refractivity contribution in [1.82, 2.24) is 15.3 Å². The summed E-state index contributed by atoms with van der Waals surface area (Å²) in [5.74, 6) is 0. The molecule has 3 N–H and O–H groups in total. The highest BCUT2D eigenvalue weighted by Crippen LogP contribution is 2.00. The summed E-state index contributed by atoms with van der Waals surface area (Å²) in [5.41, 5.74) is 8.65. The molecule has 0 aliphatic carbocycles. The number of hydrogen-bond donors (Lipinski definition) is 2. The Morgan fingerprint density at radius 1 is 0.944 bits per heavy atom. The Morgan fingerprint density at radius 3 is 2.50 bits per heavy atom. The van der Waals surface area contributed by atoms with Crippen LogP contribution >= 0.6 is 0 Å². The second-order valence-electron chi connectivity index (χ2n) is 4.08. The van der Waals surface area contributed by atoms with E-state index in [9.17, 15) is 0 Å². The molecular formula is C14H18N4. The van der Waals surface area contributed by atoms with Crippen molar-refractivity contribution in [3.05, 3.63) is 59.7 Å². The van der Waals surface area contributed by atoms with Gasteiger partial charge in [-0.15, -0.1) is 0 Å². The topological polar surface area (TPSA) is 63.8 Å². The molecule has 0 aromatic carbocycles. The molecule has 18 heavy (non-hydrogen) atoms. The standard InChI is InChI=1S/C14H18N4/c15-8-7-12-5-3-6-14(18-12)11-16-10-13-4-1-2-9-17-13/h1-6,9,16H,7-8,10-11,15H2. The van der Waals surface area contributed by atoms with Crippen LogP contribution in [0.25, 0.3) is 0 Å². The predicted octanol–water partition coefficient (Wildman–Crippen LogP) is 1.27. The van der Waals surface area contributed by atoms with Crippen LogP contribution in [0.4, 0.5) is 0 Å². The fraction of sp³-hybridized carbons (Fsp3) is 0.286. The largest absolute Gasteiger partial charge is 0.330 e. The Bertz CT molecular complexity index is 470. The van der Waals surface area contributed by atoms with E-state index < -0.39 is 0 Å². The fourth-order valence-corrected chi connectivity index (χ4v) is 1.74. The molecule has 0 spiro atoms. The zero-order chi connectivity index (χ0) is 12.6. The maximum Gasteiger partial charge on any atom is 0.0545 e. The average molecular weight is 242 g/mol. The maximum atomic E-state index is 5.52. The Balaban J connectivity index is 1.84. The highest BCUT2D eigenvalue weighted by atomic mass is 14.9. The van der Waals surface area contributed by atoms with E-state index >= 15 is 0 Å². The lowest BCUT2D eigenvalue weighted by Crippen LogP contribution is -2.15. The first-order valence-electron chi connectivity index (χ1n) is 6.14. The molecule has 4 heteroatoms. The molecule has 0 aliphatic heterocycles. The second kappa shape index (κ2) is 6.83. The van der Waals surface area contributed by atoms with Crippen molar-refractivity contribution in [3.63, 3.8) is 0 Å². The van der Waals surface area contributed by atoms with Crippen LogP contribution in [0, 0.1) is 0 Å². The summed E-state index contributed by atoms with van der Waals surface area (Å²) in [6.07, 6.45) is 2.63. The Hall–Kier alpha value is -1.78. The van der Waals surface area contributed by atoms with Gasteiger partial charge in [0.1, 0.15) is 0 Å². The SMILES string of the molecule is NCCc1cccc(CNCc2ccccn2)n1. The summed E-state index contributed by atoms with van der Waals surface area (Å²) in [4.78, 5) is 8.79. The van der Waals surface area contributed by atoms with Gasteiger partial charge in [-0.2, -0.15) is 0 Å². The molecule has 0 radical (unpaired) electrons. The number of pyridine rings is 2. The lowest BCUT2D eigenvalue weighted by Gasteiger charge is -2.05. The molecule has 0 fully saturated rings. The number of nitrogens with one attached hydrogen (secondary N) is 1. The average Bonchev–Trinajstić information content (AvgIpc) is 2.41. The lowest BCUT2D eigenvalue weighted by atomic mass is 10.2. The summed E-state index contributed by atoms with van der Waals surface area (Å²) >= 11 is 0. The molecule has 2 aromatic heterocycles. The summed E-state index contributed by atoms with van der Waals surface area (Å²) in [7, 11) is 0. The molecule has 0 unspecified atom stereocenters. The van der Waals surface area contributed by atoms with E-state index in [0.717, 1.165) is 36.6 Å². The van der Waals surface area contributed by atoms with Crippen molar-refractivity contribution >= 4 is 0 Å². The second-order valence-corrected chi connectivity index (χ2v) is 4.08. The minimum Gasteiger partial charge on any atom is -0.330 e. The molecule has 4 nitrogen and oxygen atoms in total. The molecular weight excluding hydrogens is 224 g/mol. The summed E-state index contributed by atoms with van der Waals surface area (Å²) in [5, 5.41) is 3.33. The Kier molecular flexibility index (Phi) is 4.81. The van der Waals surface area contributed by atoms with Gasteiger partial charge in [0.05, 0.1) is 11.4 Å². The van der Waals surface area contributed by atoms with Crippen LogP contribution in [0.3, 0.4) is 0 Å². The van der Waals surface area contributed by atoms with E-state index in [1.54, 1.807) is 6.20 Å². The van der Waals surface area contributed by atoms with Crippen molar-refractivity contribution in [2.45, 2.75) is 19.5 Å². The third-order valence-electron chi connectivity index (χ3n) is 2.60. The minimum absolute atomic E-state index is 0.637. The molecule has 94 valence electrons. The lowest BCUT2D eigenvalue weighted by molar-refractivity contribution is 0.664. The van der Waals surface area contributed by atoms with Crippen LogP contribution in [0.15, 0.2) is 42.6 Å². The van der Waals surface area contributed by atoms with Gasteiger partial charge in [-0.05, 0) is 30.8 Å². The van der Waals surface area contributed by atoms with Gasteiger partial charge in [0.2, 0.25) is 0 Å². The molecule has 0 saturated carbocycles. The smallest absolute Gasteiger partial charge is 0.0545 e. The number of aromatic nitrogens is 2. The first kappa shape index (κ1) is 12.7. The number of hydrogen-bond acceptors (Lipinski definition) is 4. The number of nitrogens with two attached hydrogens (primary N) is 1. The van der Waals surface area contributed by atoms with Crippen molar-refractivity contribution in [2.75, 3.05) is 6.54 Å². The number of rotatable bonds is 6. The molecule has 2 heterocycles. The van der Waals surface area contributed by atoms with Gasteiger partial charge in [-0.25, -0.2) is 0 Å². The van der Waals surface area contributed by atoms with Crippen LogP contribution in [0.2, 0.25) is 0 Å². The van der Waals surface area contributed by atoms with Crippen molar-refractivity contribution < 1.29 is 0 Å². The minimum atomic E-state index is 0.637. The normalized spacial score (nSPS) is 10.5. The monoisotopic (exact) mass is 242 g/mol. The summed E-state index contributed by atoms with van der Waals surface area (Å²) in [6.45, 7) is 2.14. The molecule has 2 aromatic rings. The van der Waals surface area contributed by atoms with E-state index in [2.05, 4.69) is 15.3 Å². The molecule has 0 bridgehead atoms. The van der Waals surface area contributed by atoms with Gasteiger partial charge in [-0.3, -0.25) is 9.97 Å². The predicted molar refractivity (Wildman–Crippen MR) is 71.8 cm³/mol. The Labute approximate surface area is 107 Å². The van der Waals surface area contributed by atoms with Crippen molar-refractivity contribution in [3.8, 4) is 0 Å². The van der Waals surface area contributed by atoms with E-state index in [1.165, 1.54) is 0 Å². The molecule has 0 saturated heterocycles. The van der Waals surface area contributed by atoms with Crippen LogP contribution in [0.1, 0.15) is 17.1 Å². The summed E-state index contributed by atoms with van der Waals surface area (Å²) in [6, 6.07) is 12.0. The van der Waals surface area contributed by atoms with E-state index in [4.69, 9.17) is 5.73 Å². The highest BCUT2D eigenvalue weighted by molar-refractivity contribution is 5.11. The van der Waals surface area contributed by atoms with Gasteiger partial charge < -0.3 is 11.1 Å². The van der Waals surface area contributed by atoms with E-state index in [0.29, 0.717) is 6.54 Å². The van der Waals surface area contributed by atoms with Crippen molar-refractivity contribution in [2.24, 2.45) is 5.73 Å². The molecule has 0 aliphatic rings. The first-order valence-corrected chi connectivity index (χ1v) is 6.14. The van der Waals surface area contributed by atoms with Gasteiger partial charge in [0.25, 0.3) is 0 Å². The summed E-state index contributed by atoms with van der Waals surface area (Å²) < 4.78 is 0. The maximum absolute atomic E-state index is 5.52. The van der Waals surface area contributed by atoms with Gasteiger partial charge >= 0.3 is 0 Å². The third-order valence-corrected chi connectivity index (χ3v) is 2.60. The van der Waals surface area contributed by atoms with Gasteiger partial charge in [0, 0.05) is 31.4 Å². The van der Waals surface area contributed by atoms with Crippen molar-refractivity contribution in [1.29, 1.82) is 0 Å².